The number of hydrazone groups is 1. The summed E-state index contributed by atoms with van der Waals surface area (Å²) >= 11 is 6.35. The van der Waals surface area contributed by atoms with E-state index in [1.54, 1.807) is 24.3 Å². The molecular formula is C21H23ClN4O6. The molecule has 1 aliphatic rings. The summed E-state index contributed by atoms with van der Waals surface area (Å²) in [5.74, 6) is 0.505. The summed E-state index contributed by atoms with van der Waals surface area (Å²) in [5, 5.41) is 15.0. The Morgan fingerprint density at radius 1 is 1.31 bits per heavy atom. The molecular weight excluding hydrogens is 440 g/mol. The number of halogens is 1. The van der Waals surface area contributed by atoms with Crippen molar-refractivity contribution >= 4 is 29.4 Å². The summed E-state index contributed by atoms with van der Waals surface area (Å²) < 4.78 is 16.4. The molecule has 11 heteroatoms. The molecule has 0 unspecified atom stereocenters. The van der Waals surface area contributed by atoms with E-state index in [4.69, 9.17) is 25.8 Å². The smallest absolute Gasteiger partial charge is 0.269 e. The van der Waals surface area contributed by atoms with Gasteiger partial charge in [-0.1, -0.05) is 11.6 Å². The average Bonchev–Trinajstić information content (AvgIpc) is 2.79. The summed E-state index contributed by atoms with van der Waals surface area (Å²) in [5.41, 5.74) is 3.85. The first-order valence-electron chi connectivity index (χ1n) is 9.82. The highest BCUT2D eigenvalue weighted by molar-refractivity contribution is 6.32. The van der Waals surface area contributed by atoms with Gasteiger partial charge in [-0.25, -0.2) is 5.43 Å². The third kappa shape index (κ3) is 6.64. The van der Waals surface area contributed by atoms with Crippen molar-refractivity contribution in [3.63, 3.8) is 0 Å². The average molecular weight is 463 g/mol. The fourth-order valence-corrected chi connectivity index (χ4v) is 3.27. The van der Waals surface area contributed by atoms with E-state index in [0.29, 0.717) is 48.4 Å². The molecule has 1 amide bonds. The van der Waals surface area contributed by atoms with E-state index in [2.05, 4.69) is 10.5 Å². The zero-order chi connectivity index (χ0) is 22.9. The second-order valence-electron chi connectivity index (χ2n) is 6.93. The van der Waals surface area contributed by atoms with Gasteiger partial charge in [0.2, 0.25) is 0 Å². The second-order valence-corrected chi connectivity index (χ2v) is 7.34. The van der Waals surface area contributed by atoms with E-state index in [1.807, 2.05) is 4.90 Å². The maximum atomic E-state index is 12.0. The van der Waals surface area contributed by atoms with E-state index in [-0.39, 0.29) is 24.7 Å². The maximum Gasteiger partial charge on any atom is 0.269 e. The third-order valence-corrected chi connectivity index (χ3v) is 4.94. The fraction of sp³-hybridized carbons (Fsp3) is 0.333. The third-order valence-electron chi connectivity index (χ3n) is 4.66. The second kappa shape index (κ2) is 11.4. The molecule has 170 valence electrons. The summed E-state index contributed by atoms with van der Waals surface area (Å²) in [4.78, 5) is 24.3. The van der Waals surface area contributed by atoms with Gasteiger partial charge >= 0.3 is 0 Å². The van der Waals surface area contributed by atoms with Crippen LogP contribution in [-0.4, -0.2) is 61.9 Å². The van der Waals surface area contributed by atoms with Crippen LogP contribution in [-0.2, 0) is 16.1 Å². The molecule has 1 fully saturated rings. The van der Waals surface area contributed by atoms with Crippen LogP contribution >= 0.6 is 11.6 Å². The molecule has 0 bridgehead atoms. The van der Waals surface area contributed by atoms with Gasteiger partial charge in [0, 0.05) is 25.2 Å². The highest BCUT2D eigenvalue weighted by Crippen LogP contribution is 2.36. The Morgan fingerprint density at radius 3 is 2.69 bits per heavy atom. The number of hydrogen-bond donors (Lipinski definition) is 1. The summed E-state index contributed by atoms with van der Waals surface area (Å²) in [6.45, 7) is 3.07. The molecule has 2 aromatic carbocycles. The lowest BCUT2D eigenvalue weighted by molar-refractivity contribution is -0.384. The van der Waals surface area contributed by atoms with Gasteiger partial charge in [-0.05, 0) is 35.4 Å². The Hall–Kier alpha value is -3.21. The van der Waals surface area contributed by atoms with Crippen LogP contribution in [0, 0.1) is 10.1 Å². The van der Waals surface area contributed by atoms with Crippen molar-refractivity contribution in [2.45, 2.75) is 6.61 Å². The van der Waals surface area contributed by atoms with Gasteiger partial charge in [0.15, 0.2) is 11.5 Å². The number of nitrogens with one attached hydrogen (secondary N) is 1. The normalized spacial score (nSPS) is 14.3. The van der Waals surface area contributed by atoms with Crippen LogP contribution in [0.2, 0.25) is 5.02 Å². The lowest BCUT2D eigenvalue weighted by Crippen LogP contribution is -2.42. The Labute approximate surface area is 189 Å². The van der Waals surface area contributed by atoms with Crippen molar-refractivity contribution in [2.75, 3.05) is 40.0 Å². The Bertz CT molecular complexity index is 977. The van der Waals surface area contributed by atoms with Crippen LogP contribution in [0.25, 0.3) is 0 Å². The maximum absolute atomic E-state index is 12.0. The molecule has 0 spiro atoms. The Kier molecular flexibility index (Phi) is 8.37. The number of nitrogens with zero attached hydrogens (tertiary/aromatic N) is 3. The minimum Gasteiger partial charge on any atom is -0.493 e. The molecule has 1 N–H and O–H groups in total. The number of hydrogen-bond acceptors (Lipinski definition) is 8. The molecule has 1 heterocycles. The quantitative estimate of drug-likeness (QED) is 0.346. The minimum absolute atomic E-state index is 0.00467. The predicted molar refractivity (Wildman–Crippen MR) is 118 cm³/mol. The molecule has 0 aromatic heterocycles. The number of carbonyl (C=O) groups is 1. The predicted octanol–water partition coefficient (Wildman–Crippen LogP) is 2.62. The van der Waals surface area contributed by atoms with Gasteiger partial charge in [-0.15, -0.1) is 0 Å². The molecule has 32 heavy (non-hydrogen) atoms. The summed E-state index contributed by atoms with van der Waals surface area (Å²) in [7, 11) is 1.48. The molecule has 0 radical (unpaired) electrons. The largest absolute Gasteiger partial charge is 0.493 e. The molecule has 1 aliphatic heterocycles. The highest BCUT2D eigenvalue weighted by atomic mass is 35.5. The van der Waals surface area contributed by atoms with Crippen LogP contribution in [0.1, 0.15) is 11.1 Å². The molecule has 0 atom stereocenters. The molecule has 0 aliphatic carbocycles. The molecule has 0 saturated carbocycles. The highest BCUT2D eigenvalue weighted by Gasteiger charge is 2.14. The number of benzene rings is 2. The Balaban J connectivity index is 1.59. The molecule has 10 nitrogen and oxygen atoms in total. The number of nitro benzene ring substituents is 1. The first-order valence-corrected chi connectivity index (χ1v) is 10.2. The van der Waals surface area contributed by atoms with Gasteiger partial charge in [-0.2, -0.15) is 5.10 Å². The van der Waals surface area contributed by atoms with Crippen LogP contribution in [0.15, 0.2) is 41.5 Å². The van der Waals surface area contributed by atoms with Crippen molar-refractivity contribution in [3.05, 3.63) is 62.7 Å². The van der Waals surface area contributed by atoms with Crippen LogP contribution < -0.4 is 14.9 Å². The number of non-ortho nitro benzene ring substituents is 1. The molecule has 3 rings (SSSR count). The van der Waals surface area contributed by atoms with Gasteiger partial charge in [0.25, 0.3) is 11.6 Å². The summed E-state index contributed by atoms with van der Waals surface area (Å²) in [6, 6.07) is 9.34. The number of methoxy groups -OCH3 is 1. The fourth-order valence-electron chi connectivity index (χ4n) is 3.00. The van der Waals surface area contributed by atoms with Crippen LogP contribution in [0.4, 0.5) is 5.69 Å². The van der Waals surface area contributed by atoms with Crippen molar-refractivity contribution in [2.24, 2.45) is 5.10 Å². The van der Waals surface area contributed by atoms with Crippen molar-refractivity contribution in [3.8, 4) is 11.5 Å². The first-order chi connectivity index (χ1) is 15.5. The minimum atomic E-state index is -0.462. The number of ether oxygens (including phenoxy) is 3. The van der Waals surface area contributed by atoms with Crippen molar-refractivity contribution < 1.29 is 23.9 Å². The first kappa shape index (κ1) is 23.5. The molecule has 2 aromatic rings. The number of morpholine rings is 1. The zero-order valence-electron chi connectivity index (χ0n) is 17.5. The van der Waals surface area contributed by atoms with Crippen molar-refractivity contribution in [1.29, 1.82) is 0 Å². The molecule has 1 saturated heterocycles. The van der Waals surface area contributed by atoms with Gasteiger partial charge in [0.05, 0.1) is 43.0 Å². The van der Waals surface area contributed by atoms with Crippen molar-refractivity contribution in [1.82, 2.24) is 10.3 Å². The summed E-state index contributed by atoms with van der Waals surface area (Å²) in [6.07, 6.45) is 1.46. The number of amides is 1. The topological polar surface area (TPSA) is 116 Å². The van der Waals surface area contributed by atoms with E-state index in [0.717, 1.165) is 5.56 Å². The monoisotopic (exact) mass is 462 g/mol. The van der Waals surface area contributed by atoms with Gasteiger partial charge < -0.3 is 14.2 Å². The van der Waals surface area contributed by atoms with E-state index in [9.17, 15) is 14.9 Å². The number of nitro groups is 1. The zero-order valence-corrected chi connectivity index (χ0v) is 18.2. The van der Waals surface area contributed by atoms with E-state index >= 15 is 0 Å². The van der Waals surface area contributed by atoms with Gasteiger partial charge in [-0.3, -0.25) is 19.8 Å². The number of carbonyl (C=O) groups excluding carboxylic acids is 1. The van der Waals surface area contributed by atoms with Crippen LogP contribution in [0.5, 0.6) is 11.5 Å². The van der Waals surface area contributed by atoms with E-state index < -0.39 is 4.92 Å². The SMILES string of the molecule is COc1cc(/C=N\NC(=O)CN2CCOCC2)cc(Cl)c1OCc1ccc([N+](=O)[O-])cc1. The number of rotatable bonds is 9. The van der Waals surface area contributed by atoms with Gasteiger partial charge in [0.1, 0.15) is 6.61 Å². The lowest BCUT2D eigenvalue weighted by atomic mass is 10.2. The Morgan fingerprint density at radius 2 is 2.03 bits per heavy atom. The lowest BCUT2D eigenvalue weighted by Gasteiger charge is -2.25. The van der Waals surface area contributed by atoms with E-state index in [1.165, 1.54) is 25.5 Å². The standard InChI is InChI=1S/C21H23ClN4O6/c1-30-19-11-16(12-23-24-20(27)13-25-6-8-31-9-7-25)10-18(22)21(19)32-14-15-2-4-17(5-3-15)26(28)29/h2-5,10-12H,6-9,13-14H2,1H3,(H,24,27)/b23-12-. The van der Waals surface area contributed by atoms with Crippen LogP contribution in [0.3, 0.4) is 0 Å².